The summed E-state index contributed by atoms with van der Waals surface area (Å²) in [6.07, 6.45) is 6.56. The van der Waals surface area contributed by atoms with Gasteiger partial charge in [0.25, 0.3) is 0 Å². The molecule has 1 atom stereocenters. The molecule has 1 saturated carbocycles. The quantitative estimate of drug-likeness (QED) is 0.804. The summed E-state index contributed by atoms with van der Waals surface area (Å²) < 4.78 is 5.56. The second-order valence-corrected chi connectivity index (χ2v) is 8.94. The fourth-order valence-electron chi connectivity index (χ4n) is 3.22. The Balaban J connectivity index is 2.49. The average molecular weight is 327 g/mol. The largest absolute Gasteiger partial charge is 0.444 e. The molecule has 0 saturated heterocycles. The molecule has 0 unspecified atom stereocenters. The van der Waals surface area contributed by atoms with Crippen molar-refractivity contribution in [2.75, 3.05) is 13.1 Å². The average Bonchev–Trinajstić information content (AvgIpc) is 2.40. The van der Waals surface area contributed by atoms with Gasteiger partial charge in [-0.3, -0.25) is 0 Å². The highest BCUT2D eigenvalue weighted by Gasteiger charge is 2.30. The predicted molar refractivity (Wildman–Crippen MR) is 96.7 cm³/mol. The van der Waals surface area contributed by atoms with Crippen LogP contribution in [-0.4, -0.2) is 41.3 Å². The van der Waals surface area contributed by atoms with Gasteiger partial charge in [-0.2, -0.15) is 0 Å². The van der Waals surface area contributed by atoms with Crippen LogP contribution in [0, 0.1) is 5.92 Å². The summed E-state index contributed by atoms with van der Waals surface area (Å²) in [7, 11) is 0. The molecule has 1 N–H and O–H groups in total. The van der Waals surface area contributed by atoms with Crippen molar-refractivity contribution in [3.05, 3.63) is 0 Å². The SMILES string of the molecule is C[C@@H](NCCN(C(=O)OC(C)(C)C)C(C)(C)C)C1CCCCC1. The van der Waals surface area contributed by atoms with E-state index in [1.54, 1.807) is 0 Å². The molecular weight excluding hydrogens is 288 g/mol. The Kier molecular flexibility index (Phi) is 7.37. The molecule has 136 valence electrons. The second kappa shape index (κ2) is 8.36. The van der Waals surface area contributed by atoms with E-state index in [-0.39, 0.29) is 11.6 Å². The molecule has 0 radical (unpaired) electrons. The molecule has 1 aliphatic carbocycles. The molecule has 4 heteroatoms. The summed E-state index contributed by atoms with van der Waals surface area (Å²) in [6.45, 7) is 15.7. The third-order valence-corrected chi connectivity index (χ3v) is 4.58. The van der Waals surface area contributed by atoms with E-state index >= 15 is 0 Å². The first-order valence-corrected chi connectivity index (χ1v) is 9.25. The van der Waals surface area contributed by atoms with Crippen molar-refractivity contribution in [3.8, 4) is 0 Å². The summed E-state index contributed by atoms with van der Waals surface area (Å²) >= 11 is 0. The van der Waals surface area contributed by atoms with Crippen LogP contribution in [0.15, 0.2) is 0 Å². The van der Waals surface area contributed by atoms with Crippen molar-refractivity contribution in [1.82, 2.24) is 10.2 Å². The first-order chi connectivity index (χ1) is 10.5. The van der Waals surface area contributed by atoms with Gasteiger partial charge < -0.3 is 15.0 Å². The topological polar surface area (TPSA) is 41.6 Å². The standard InChI is InChI=1S/C19H38N2O2/c1-15(16-11-9-8-10-12-16)20-13-14-21(18(2,3)4)17(22)23-19(5,6)7/h15-16,20H,8-14H2,1-7H3/t15-/m1/s1. The number of amides is 1. The van der Waals surface area contributed by atoms with Crippen molar-refractivity contribution in [1.29, 1.82) is 0 Å². The third-order valence-electron chi connectivity index (χ3n) is 4.58. The van der Waals surface area contributed by atoms with Gasteiger partial charge in [0, 0.05) is 24.7 Å². The minimum atomic E-state index is -0.455. The highest BCUT2D eigenvalue weighted by atomic mass is 16.6. The van der Waals surface area contributed by atoms with Crippen LogP contribution >= 0.6 is 0 Å². The predicted octanol–water partition coefficient (Wildman–Crippen LogP) is 4.58. The lowest BCUT2D eigenvalue weighted by atomic mass is 9.84. The van der Waals surface area contributed by atoms with Gasteiger partial charge in [-0.15, -0.1) is 0 Å². The Morgan fingerprint density at radius 3 is 2.17 bits per heavy atom. The first-order valence-electron chi connectivity index (χ1n) is 9.25. The molecule has 0 aromatic rings. The number of ether oxygens (including phenoxy) is 1. The smallest absolute Gasteiger partial charge is 0.410 e. The number of hydrogen-bond acceptors (Lipinski definition) is 3. The van der Waals surface area contributed by atoms with Crippen LogP contribution in [0.1, 0.15) is 80.6 Å². The summed E-state index contributed by atoms with van der Waals surface area (Å²) in [5.74, 6) is 0.786. The van der Waals surface area contributed by atoms with E-state index in [2.05, 4.69) is 33.0 Å². The highest BCUT2D eigenvalue weighted by Crippen LogP contribution is 2.26. The number of nitrogens with zero attached hydrogens (tertiary/aromatic N) is 1. The Morgan fingerprint density at radius 2 is 1.70 bits per heavy atom. The number of nitrogens with one attached hydrogen (secondary N) is 1. The van der Waals surface area contributed by atoms with E-state index in [9.17, 15) is 4.79 Å². The monoisotopic (exact) mass is 326 g/mol. The van der Waals surface area contributed by atoms with Gasteiger partial charge in [-0.25, -0.2) is 4.79 Å². The summed E-state index contributed by atoms with van der Waals surface area (Å²) in [5.41, 5.74) is -0.693. The Bertz CT molecular complexity index is 363. The summed E-state index contributed by atoms with van der Waals surface area (Å²) in [5, 5.41) is 3.62. The van der Waals surface area contributed by atoms with Crippen molar-refractivity contribution in [2.24, 2.45) is 5.92 Å². The van der Waals surface area contributed by atoms with Crippen molar-refractivity contribution < 1.29 is 9.53 Å². The zero-order valence-electron chi connectivity index (χ0n) is 16.4. The third kappa shape index (κ3) is 7.56. The molecule has 1 aliphatic rings. The maximum Gasteiger partial charge on any atom is 0.410 e. The number of rotatable bonds is 5. The van der Waals surface area contributed by atoms with E-state index in [4.69, 9.17) is 4.74 Å². The minimum Gasteiger partial charge on any atom is -0.444 e. The molecule has 0 aliphatic heterocycles. The highest BCUT2D eigenvalue weighted by molar-refractivity contribution is 5.69. The van der Waals surface area contributed by atoms with Crippen LogP contribution in [0.25, 0.3) is 0 Å². The molecule has 0 spiro atoms. The fourth-order valence-corrected chi connectivity index (χ4v) is 3.22. The molecular formula is C19H38N2O2. The van der Waals surface area contributed by atoms with Crippen molar-refractivity contribution >= 4 is 6.09 Å². The maximum atomic E-state index is 12.5. The number of carbonyl (C=O) groups excluding carboxylic acids is 1. The molecule has 1 amide bonds. The number of hydrogen-bond donors (Lipinski definition) is 1. The van der Waals surface area contributed by atoms with E-state index < -0.39 is 5.60 Å². The van der Waals surface area contributed by atoms with E-state index in [0.717, 1.165) is 12.5 Å². The van der Waals surface area contributed by atoms with E-state index in [1.807, 2.05) is 25.7 Å². The molecule has 1 rings (SSSR count). The van der Waals surface area contributed by atoms with Crippen LogP contribution < -0.4 is 5.32 Å². The minimum absolute atomic E-state index is 0.225. The molecule has 0 heterocycles. The van der Waals surface area contributed by atoms with Crippen LogP contribution in [0.5, 0.6) is 0 Å². The van der Waals surface area contributed by atoms with Gasteiger partial charge in [0.15, 0.2) is 0 Å². The Labute approximate surface area is 143 Å². The van der Waals surface area contributed by atoms with E-state index in [1.165, 1.54) is 32.1 Å². The van der Waals surface area contributed by atoms with Gasteiger partial charge in [0.1, 0.15) is 5.60 Å². The van der Waals surface area contributed by atoms with Crippen LogP contribution in [0.3, 0.4) is 0 Å². The zero-order chi connectivity index (χ0) is 17.7. The van der Waals surface area contributed by atoms with Crippen molar-refractivity contribution in [3.63, 3.8) is 0 Å². The second-order valence-electron chi connectivity index (χ2n) is 8.94. The molecule has 4 nitrogen and oxygen atoms in total. The van der Waals surface area contributed by atoms with Gasteiger partial charge in [-0.05, 0) is 67.2 Å². The molecule has 0 bridgehead atoms. The van der Waals surface area contributed by atoms with Crippen LogP contribution in [0.2, 0.25) is 0 Å². The Morgan fingerprint density at radius 1 is 1.13 bits per heavy atom. The summed E-state index contributed by atoms with van der Waals surface area (Å²) in [6, 6.07) is 0.524. The summed E-state index contributed by atoms with van der Waals surface area (Å²) in [4.78, 5) is 14.3. The first kappa shape index (κ1) is 20.3. The molecule has 0 aromatic carbocycles. The maximum absolute atomic E-state index is 12.5. The molecule has 23 heavy (non-hydrogen) atoms. The van der Waals surface area contributed by atoms with Gasteiger partial charge in [0.05, 0.1) is 0 Å². The van der Waals surface area contributed by atoms with Gasteiger partial charge in [-0.1, -0.05) is 19.3 Å². The van der Waals surface area contributed by atoms with E-state index in [0.29, 0.717) is 12.6 Å². The lowest BCUT2D eigenvalue weighted by Gasteiger charge is -2.37. The molecule has 1 fully saturated rings. The molecule has 0 aromatic heterocycles. The van der Waals surface area contributed by atoms with Crippen LogP contribution in [0.4, 0.5) is 4.79 Å². The zero-order valence-corrected chi connectivity index (χ0v) is 16.4. The number of carbonyl (C=O) groups is 1. The fraction of sp³-hybridized carbons (Fsp3) is 0.947. The van der Waals surface area contributed by atoms with Gasteiger partial charge >= 0.3 is 6.09 Å². The Hall–Kier alpha value is -0.770. The van der Waals surface area contributed by atoms with Gasteiger partial charge in [0.2, 0.25) is 0 Å². The normalized spacial score (nSPS) is 18.6. The van der Waals surface area contributed by atoms with Crippen molar-refractivity contribution in [2.45, 2.75) is 97.8 Å². The lowest BCUT2D eigenvalue weighted by molar-refractivity contribution is 0.00633. The lowest BCUT2D eigenvalue weighted by Crippen LogP contribution is -2.51. The van der Waals surface area contributed by atoms with Crippen LogP contribution in [-0.2, 0) is 4.74 Å².